The third kappa shape index (κ3) is 3.98. The van der Waals surface area contributed by atoms with Gasteiger partial charge in [-0.15, -0.1) is 0 Å². The number of hydrogen-bond donors (Lipinski definition) is 0. The van der Waals surface area contributed by atoms with Crippen LogP contribution in [0.5, 0.6) is 0 Å². The lowest BCUT2D eigenvalue weighted by molar-refractivity contribution is -0.145. The molecule has 0 N–H and O–H groups in total. The molecule has 6 nitrogen and oxygen atoms in total. The predicted molar refractivity (Wildman–Crippen MR) is 114 cm³/mol. The highest BCUT2D eigenvalue weighted by Gasteiger charge is 2.48. The lowest BCUT2D eigenvalue weighted by Crippen LogP contribution is -2.46. The molecule has 1 aromatic carbocycles. The summed E-state index contributed by atoms with van der Waals surface area (Å²) in [6, 6.07) is 5.52. The Morgan fingerprint density at radius 2 is 1.90 bits per heavy atom. The van der Waals surface area contributed by atoms with Crippen molar-refractivity contribution in [1.82, 2.24) is 9.80 Å². The van der Waals surface area contributed by atoms with Gasteiger partial charge in [-0.3, -0.25) is 24.2 Å². The number of amides is 3. The first-order chi connectivity index (χ1) is 14.0. The van der Waals surface area contributed by atoms with Crippen molar-refractivity contribution in [2.24, 2.45) is 16.8 Å². The van der Waals surface area contributed by atoms with Gasteiger partial charge in [0.25, 0.3) is 0 Å². The van der Waals surface area contributed by atoms with Crippen LogP contribution in [0, 0.1) is 18.8 Å². The number of aryl methyl sites for hydroxylation is 1. The summed E-state index contributed by atoms with van der Waals surface area (Å²) in [4.78, 5) is 45.7. The van der Waals surface area contributed by atoms with Gasteiger partial charge in [-0.05, 0) is 43.9 Å². The van der Waals surface area contributed by atoms with Crippen LogP contribution in [0.1, 0.15) is 24.8 Å². The Morgan fingerprint density at radius 1 is 1.21 bits per heavy atom. The van der Waals surface area contributed by atoms with E-state index in [-0.39, 0.29) is 36.1 Å². The summed E-state index contributed by atoms with van der Waals surface area (Å²) in [6.45, 7) is 2.22. The molecule has 0 aromatic heterocycles. The van der Waals surface area contributed by atoms with Gasteiger partial charge < -0.3 is 0 Å². The molecule has 2 aliphatic heterocycles. The number of halogens is 1. The number of nitrogens with zero attached hydrogens (tertiary/aromatic N) is 3. The molecule has 0 bridgehead atoms. The molecule has 1 aliphatic carbocycles. The summed E-state index contributed by atoms with van der Waals surface area (Å²) in [5, 5.41) is 1.20. The topological polar surface area (TPSA) is 70.1 Å². The van der Waals surface area contributed by atoms with E-state index in [0.29, 0.717) is 35.3 Å². The number of carbonyl (C=O) groups is 3. The minimum Gasteiger partial charge on any atom is -0.290 e. The maximum Gasteiger partial charge on any atom is 0.248 e. The smallest absolute Gasteiger partial charge is 0.248 e. The van der Waals surface area contributed by atoms with Gasteiger partial charge in [0.1, 0.15) is 6.54 Å². The van der Waals surface area contributed by atoms with Crippen molar-refractivity contribution in [2.75, 3.05) is 18.8 Å². The van der Waals surface area contributed by atoms with E-state index >= 15 is 0 Å². The van der Waals surface area contributed by atoms with Crippen molar-refractivity contribution in [3.8, 4) is 0 Å². The van der Waals surface area contributed by atoms with Crippen LogP contribution in [0.25, 0.3) is 0 Å². The van der Waals surface area contributed by atoms with Crippen LogP contribution < -0.4 is 0 Å². The predicted octanol–water partition coefficient (Wildman–Crippen LogP) is 3.55. The fourth-order valence-corrected chi connectivity index (χ4v) is 5.04. The molecule has 4 rings (SSSR count). The summed E-state index contributed by atoms with van der Waals surface area (Å²) in [5.41, 5.74) is 1.63. The fourth-order valence-electron chi connectivity index (χ4n) is 3.89. The summed E-state index contributed by atoms with van der Waals surface area (Å²) in [7, 11) is 0. The normalized spacial score (nSPS) is 25.7. The highest BCUT2D eigenvalue weighted by Crippen LogP contribution is 2.35. The fraction of sp³-hybridized carbons (Fsp3) is 0.429. The van der Waals surface area contributed by atoms with Gasteiger partial charge in [-0.1, -0.05) is 41.6 Å². The first-order valence-corrected chi connectivity index (χ1v) is 11.1. The van der Waals surface area contributed by atoms with Gasteiger partial charge in [0.15, 0.2) is 5.17 Å². The maximum atomic E-state index is 13.0. The number of allylic oxidation sites excluding steroid dienone is 2. The minimum atomic E-state index is -0.320. The highest BCUT2D eigenvalue weighted by molar-refractivity contribution is 8.13. The zero-order chi connectivity index (χ0) is 20.5. The number of likely N-dealkylation sites (tertiary alicyclic amines) is 1. The Kier molecular flexibility index (Phi) is 5.79. The Morgan fingerprint density at radius 3 is 2.55 bits per heavy atom. The third-order valence-corrected chi connectivity index (χ3v) is 7.03. The first-order valence-electron chi connectivity index (χ1n) is 9.74. The van der Waals surface area contributed by atoms with Crippen molar-refractivity contribution in [2.45, 2.75) is 26.2 Å². The van der Waals surface area contributed by atoms with Gasteiger partial charge in [-0.25, -0.2) is 4.99 Å². The van der Waals surface area contributed by atoms with Crippen molar-refractivity contribution in [3.05, 3.63) is 40.9 Å². The molecule has 2 saturated heterocycles. The molecule has 2 heterocycles. The van der Waals surface area contributed by atoms with Crippen LogP contribution >= 0.6 is 23.4 Å². The van der Waals surface area contributed by atoms with Crippen LogP contribution in [0.4, 0.5) is 5.69 Å². The summed E-state index contributed by atoms with van der Waals surface area (Å²) in [5.74, 6) is -0.517. The van der Waals surface area contributed by atoms with Crippen LogP contribution in [-0.2, 0) is 14.4 Å². The molecule has 3 aliphatic rings. The van der Waals surface area contributed by atoms with Gasteiger partial charge in [0.2, 0.25) is 17.7 Å². The molecule has 2 fully saturated rings. The second kappa shape index (κ2) is 8.32. The monoisotopic (exact) mass is 431 g/mol. The second-order valence-corrected chi connectivity index (χ2v) is 8.96. The van der Waals surface area contributed by atoms with E-state index in [0.717, 1.165) is 22.6 Å². The lowest BCUT2D eigenvalue weighted by atomic mass is 9.85. The molecular weight excluding hydrogens is 410 g/mol. The van der Waals surface area contributed by atoms with E-state index < -0.39 is 0 Å². The van der Waals surface area contributed by atoms with Crippen LogP contribution in [0.3, 0.4) is 0 Å². The van der Waals surface area contributed by atoms with E-state index in [1.165, 1.54) is 11.8 Å². The Bertz CT molecular complexity index is 904. The van der Waals surface area contributed by atoms with Crippen LogP contribution in [0.2, 0.25) is 5.02 Å². The maximum absolute atomic E-state index is 13.0. The van der Waals surface area contributed by atoms with Crippen molar-refractivity contribution in [1.29, 1.82) is 0 Å². The number of hydrogen-bond acceptors (Lipinski definition) is 5. The minimum absolute atomic E-state index is 0.223. The largest absolute Gasteiger partial charge is 0.290 e. The summed E-state index contributed by atoms with van der Waals surface area (Å²) < 4.78 is 0. The number of amidine groups is 1. The van der Waals surface area contributed by atoms with Crippen molar-refractivity contribution >= 4 is 51.9 Å². The third-order valence-electron chi connectivity index (χ3n) is 5.56. The van der Waals surface area contributed by atoms with E-state index in [2.05, 4.69) is 4.99 Å². The number of benzene rings is 1. The Hall–Kier alpha value is -2.12. The summed E-state index contributed by atoms with van der Waals surface area (Å²) in [6.07, 6.45) is 5.86. The number of imide groups is 1. The molecule has 1 aromatic rings. The molecule has 0 radical (unpaired) electrons. The SMILES string of the molecule is Cc1ccc(N=C2SCCCN2C(=O)CN2C(=O)C3CC=CCC3C2=O)cc1Cl. The number of thioether (sulfide) groups is 1. The summed E-state index contributed by atoms with van der Waals surface area (Å²) >= 11 is 7.69. The molecular formula is C21H22ClN3O3S. The Labute approximate surface area is 179 Å². The van der Waals surface area contributed by atoms with E-state index in [4.69, 9.17) is 11.6 Å². The Balaban J connectivity index is 1.52. The van der Waals surface area contributed by atoms with E-state index in [9.17, 15) is 14.4 Å². The highest BCUT2D eigenvalue weighted by atomic mass is 35.5. The first kappa shape index (κ1) is 20.2. The van der Waals surface area contributed by atoms with Gasteiger partial charge in [0, 0.05) is 17.3 Å². The molecule has 29 heavy (non-hydrogen) atoms. The van der Waals surface area contributed by atoms with E-state index in [1.54, 1.807) is 11.0 Å². The van der Waals surface area contributed by atoms with Gasteiger partial charge in [-0.2, -0.15) is 0 Å². The molecule has 3 amide bonds. The molecule has 2 unspecified atom stereocenters. The molecule has 0 spiro atoms. The lowest BCUT2D eigenvalue weighted by Gasteiger charge is -2.29. The van der Waals surface area contributed by atoms with Crippen LogP contribution in [0.15, 0.2) is 35.3 Å². The average molecular weight is 432 g/mol. The van der Waals surface area contributed by atoms with Crippen molar-refractivity contribution < 1.29 is 14.4 Å². The van der Waals surface area contributed by atoms with Crippen molar-refractivity contribution in [3.63, 3.8) is 0 Å². The standard InChI is InChI=1S/C21H22ClN3O3S/c1-13-7-8-14(11-17(13)22)23-21-24(9-4-10-29-21)18(26)12-25-19(27)15-5-2-3-6-16(15)20(25)28/h2-3,7-8,11,15-16H,4-6,9-10,12H2,1H3. The van der Waals surface area contributed by atoms with Gasteiger partial charge >= 0.3 is 0 Å². The number of aliphatic imine (C=N–C) groups is 1. The zero-order valence-electron chi connectivity index (χ0n) is 16.1. The quantitative estimate of drug-likeness (QED) is 0.542. The molecule has 8 heteroatoms. The molecule has 0 saturated carbocycles. The number of rotatable bonds is 3. The van der Waals surface area contributed by atoms with E-state index in [1.807, 2.05) is 31.2 Å². The zero-order valence-corrected chi connectivity index (χ0v) is 17.7. The van der Waals surface area contributed by atoms with Crippen LogP contribution in [-0.4, -0.2) is 51.5 Å². The number of fused-ring (bicyclic) bond motifs is 1. The molecule has 152 valence electrons. The molecule has 2 atom stereocenters. The van der Waals surface area contributed by atoms with Gasteiger partial charge in [0.05, 0.1) is 17.5 Å². The second-order valence-electron chi connectivity index (χ2n) is 7.49. The number of carbonyl (C=O) groups excluding carboxylic acids is 3. The average Bonchev–Trinajstić information content (AvgIpc) is 2.96.